The second kappa shape index (κ2) is 4.59. The van der Waals surface area contributed by atoms with E-state index in [4.69, 9.17) is 16.3 Å². The maximum Gasteiger partial charge on any atom is 0.155 e. The molecular weight excluding hydrogens is 265 g/mol. The molecule has 0 radical (unpaired) electrons. The van der Waals surface area contributed by atoms with Gasteiger partial charge in [0.1, 0.15) is 11.6 Å². The van der Waals surface area contributed by atoms with Crippen molar-refractivity contribution in [3.05, 3.63) is 59.0 Å². The van der Waals surface area contributed by atoms with Gasteiger partial charge in [0.25, 0.3) is 0 Å². The molecule has 0 spiro atoms. The Bertz CT molecular complexity index is 734. The minimum absolute atomic E-state index is 0.271. The Balaban J connectivity index is 2.05. The molecule has 1 N–H and O–H groups in total. The van der Waals surface area contributed by atoms with Crippen LogP contribution in [0.1, 0.15) is 5.69 Å². The predicted octanol–water partition coefficient (Wildman–Crippen LogP) is 5.06. The summed E-state index contributed by atoms with van der Waals surface area (Å²) in [7, 11) is 0. The summed E-state index contributed by atoms with van der Waals surface area (Å²) in [6.45, 7) is 1.89. The van der Waals surface area contributed by atoms with Crippen LogP contribution in [0.4, 0.5) is 4.39 Å². The van der Waals surface area contributed by atoms with E-state index < -0.39 is 0 Å². The molecular formula is C15H11ClFNO. The molecule has 0 aliphatic carbocycles. The van der Waals surface area contributed by atoms with Gasteiger partial charge in [0.15, 0.2) is 5.75 Å². The van der Waals surface area contributed by atoms with Gasteiger partial charge in [0.2, 0.25) is 0 Å². The topological polar surface area (TPSA) is 25.0 Å². The summed E-state index contributed by atoms with van der Waals surface area (Å²) >= 11 is 5.83. The molecule has 0 fully saturated rings. The molecule has 0 amide bonds. The number of nitrogens with one attached hydrogen (secondary N) is 1. The number of benzene rings is 2. The van der Waals surface area contributed by atoms with Crippen molar-refractivity contribution < 1.29 is 9.13 Å². The highest BCUT2D eigenvalue weighted by atomic mass is 35.5. The fourth-order valence-electron chi connectivity index (χ4n) is 2.03. The highest BCUT2D eigenvalue weighted by molar-refractivity contribution is 6.30. The lowest BCUT2D eigenvalue weighted by molar-refractivity contribution is 0.484. The molecule has 2 aromatic carbocycles. The molecule has 0 saturated heterocycles. The summed E-state index contributed by atoms with van der Waals surface area (Å²) in [6.07, 6.45) is 0. The quantitative estimate of drug-likeness (QED) is 0.695. The van der Waals surface area contributed by atoms with Crippen LogP contribution in [0.5, 0.6) is 11.5 Å². The number of fused-ring (bicyclic) bond motifs is 1. The Labute approximate surface area is 114 Å². The second-order valence-electron chi connectivity index (χ2n) is 4.33. The van der Waals surface area contributed by atoms with Crippen LogP contribution in [-0.4, -0.2) is 4.98 Å². The molecule has 0 saturated carbocycles. The lowest BCUT2D eigenvalue weighted by Crippen LogP contribution is -1.84. The summed E-state index contributed by atoms with van der Waals surface area (Å²) in [5, 5.41) is 1.51. The minimum atomic E-state index is -0.271. The normalized spacial score (nSPS) is 10.9. The second-order valence-corrected chi connectivity index (χ2v) is 4.76. The summed E-state index contributed by atoms with van der Waals surface area (Å²) in [4.78, 5) is 3.11. The van der Waals surface area contributed by atoms with Gasteiger partial charge in [0, 0.05) is 10.4 Å². The standard InChI is InChI=1S/C15H11ClFNO/c1-9-15(19-12-5-2-10(16)3-6-12)13-7-4-11(17)8-14(13)18-9/h2-8,18H,1H3. The molecule has 0 atom stereocenters. The van der Waals surface area contributed by atoms with Crippen molar-refractivity contribution in [3.63, 3.8) is 0 Å². The Morgan fingerprint density at radius 3 is 2.58 bits per heavy atom. The van der Waals surface area contributed by atoms with Crippen LogP contribution in [0.2, 0.25) is 5.02 Å². The number of aryl methyl sites for hydroxylation is 1. The third kappa shape index (κ3) is 2.29. The molecule has 96 valence electrons. The van der Waals surface area contributed by atoms with E-state index in [0.29, 0.717) is 16.5 Å². The zero-order valence-electron chi connectivity index (χ0n) is 10.2. The Morgan fingerprint density at radius 2 is 1.84 bits per heavy atom. The monoisotopic (exact) mass is 275 g/mol. The van der Waals surface area contributed by atoms with Gasteiger partial charge in [-0.05, 0) is 49.4 Å². The van der Waals surface area contributed by atoms with Gasteiger partial charge in [-0.3, -0.25) is 0 Å². The molecule has 4 heteroatoms. The molecule has 0 aliphatic heterocycles. The molecule has 1 heterocycles. The number of hydrogen-bond acceptors (Lipinski definition) is 1. The average Bonchev–Trinajstić information content (AvgIpc) is 2.68. The number of hydrogen-bond donors (Lipinski definition) is 1. The van der Waals surface area contributed by atoms with Crippen molar-refractivity contribution in [2.45, 2.75) is 6.92 Å². The van der Waals surface area contributed by atoms with E-state index in [1.807, 2.05) is 6.92 Å². The van der Waals surface area contributed by atoms with Gasteiger partial charge in [-0.25, -0.2) is 4.39 Å². The molecule has 0 unspecified atom stereocenters. The third-order valence-electron chi connectivity index (χ3n) is 2.92. The maximum atomic E-state index is 13.2. The van der Waals surface area contributed by atoms with E-state index in [9.17, 15) is 4.39 Å². The van der Waals surface area contributed by atoms with Crippen LogP contribution in [0.15, 0.2) is 42.5 Å². The molecule has 3 aromatic rings. The van der Waals surface area contributed by atoms with Gasteiger partial charge in [-0.1, -0.05) is 11.6 Å². The molecule has 0 bridgehead atoms. The number of aromatic nitrogens is 1. The van der Waals surface area contributed by atoms with Gasteiger partial charge in [0.05, 0.1) is 11.2 Å². The van der Waals surface area contributed by atoms with Crippen molar-refractivity contribution in [1.29, 1.82) is 0 Å². The van der Waals surface area contributed by atoms with E-state index in [0.717, 1.165) is 16.6 Å². The Kier molecular flexibility index (Phi) is 2.91. The number of rotatable bonds is 2. The first-order valence-electron chi connectivity index (χ1n) is 5.85. The summed E-state index contributed by atoms with van der Waals surface area (Å²) < 4.78 is 19.0. The Hall–Kier alpha value is -2.00. The van der Waals surface area contributed by atoms with Crippen LogP contribution in [0, 0.1) is 12.7 Å². The number of halogens is 2. The largest absolute Gasteiger partial charge is 0.455 e. The van der Waals surface area contributed by atoms with Crippen LogP contribution in [0.3, 0.4) is 0 Å². The van der Waals surface area contributed by atoms with Crippen molar-refractivity contribution in [1.82, 2.24) is 4.98 Å². The summed E-state index contributed by atoms with van der Waals surface area (Å²) in [6, 6.07) is 11.7. The van der Waals surface area contributed by atoms with Crippen molar-refractivity contribution in [2.75, 3.05) is 0 Å². The van der Waals surface area contributed by atoms with Gasteiger partial charge in [-0.2, -0.15) is 0 Å². The fourth-order valence-corrected chi connectivity index (χ4v) is 2.16. The highest BCUT2D eigenvalue weighted by Gasteiger charge is 2.11. The Morgan fingerprint density at radius 1 is 1.11 bits per heavy atom. The summed E-state index contributed by atoms with van der Waals surface area (Å²) in [5.41, 5.74) is 1.58. The van der Waals surface area contributed by atoms with Crippen molar-refractivity contribution in [3.8, 4) is 11.5 Å². The van der Waals surface area contributed by atoms with Crippen LogP contribution in [-0.2, 0) is 0 Å². The van der Waals surface area contributed by atoms with E-state index in [1.165, 1.54) is 12.1 Å². The van der Waals surface area contributed by atoms with Crippen LogP contribution >= 0.6 is 11.6 Å². The summed E-state index contributed by atoms with van der Waals surface area (Å²) in [5.74, 6) is 1.13. The van der Waals surface area contributed by atoms with Crippen LogP contribution < -0.4 is 4.74 Å². The van der Waals surface area contributed by atoms with Gasteiger partial charge < -0.3 is 9.72 Å². The maximum absolute atomic E-state index is 13.2. The fraction of sp³-hybridized carbons (Fsp3) is 0.0667. The predicted molar refractivity (Wildman–Crippen MR) is 74.5 cm³/mol. The molecule has 19 heavy (non-hydrogen) atoms. The molecule has 1 aromatic heterocycles. The molecule has 3 rings (SSSR count). The van der Waals surface area contributed by atoms with E-state index in [-0.39, 0.29) is 5.82 Å². The average molecular weight is 276 g/mol. The van der Waals surface area contributed by atoms with Crippen LogP contribution in [0.25, 0.3) is 10.9 Å². The molecule has 0 aliphatic rings. The number of H-pyrrole nitrogens is 1. The zero-order chi connectivity index (χ0) is 13.4. The minimum Gasteiger partial charge on any atom is -0.455 e. The lowest BCUT2D eigenvalue weighted by Gasteiger charge is -2.05. The lowest BCUT2D eigenvalue weighted by atomic mass is 10.2. The zero-order valence-corrected chi connectivity index (χ0v) is 11.0. The first-order valence-corrected chi connectivity index (χ1v) is 6.22. The van der Waals surface area contributed by atoms with E-state index >= 15 is 0 Å². The first kappa shape index (κ1) is 12.1. The van der Waals surface area contributed by atoms with Crippen molar-refractivity contribution >= 4 is 22.5 Å². The van der Waals surface area contributed by atoms with Gasteiger partial charge >= 0.3 is 0 Å². The third-order valence-corrected chi connectivity index (χ3v) is 3.17. The first-order chi connectivity index (χ1) is 9.13. The van der Waals surface area contributed by atoms with Gasteiger partial charge in [-0.15, -0.1) is 0 Å². The number of aromatic amines is 1. The number of ether oxygens (including phenoxy) is 1. The SMILES string of the molecule is Cc1[nH]c2cc(F)ccc2c1Oc1ccc(Cl)cc1. The smallest absolute Gasteiger partial charge is 0.155 e. The highest BCUT2D eigenvalue weighted by Crippen LogP contribution is 2.34. The molecule has 2 nitrogen and oxygen atoms in total. The van der Waals surface area contributed by atoms with Crippen molar-refractivity contribution in [2.24, 2.45) is 0 Å². The van der Waals surface area contributed by atoms with E-state index in [2.05, 4.69) is 4.98 Å². The van der Waals surface area contributed by atoms with E-state index in [1.54, 1.807) is 30.3 Å².